The fraction of sp³-hybridized carbons (Fsp3) is 0.333. The number of hydrogen-bond donors (Lipinski definition) is 0. The van der Waals surface area contributed by atoms with E-state index in [4.69, 9.17) is 0 Å². The highest BCUT2D eigenvalue weighted by Crippen LogP contribution is 2.39. The molecule has 4 aromatic carbocycles. The molecule has 4 aromatic rings. The Balaban J connectivity index is 1.78. The topological polar surface area (TPSA) is 6.48 Å². The Hall–Kier alpha value is -3.52. The summed E-state index contributed by atoms with van der Waals surface area (Å²) in [6, 6.07) is 32.1. The van der Waals surface area contributed by atoms with E-state index in [-0.39, 0.29) is 10.8 Å². The van der Waals surface area contributed by atoms with Gasteiger partial charge in [-0.3, -0.25) is 0 Å². The van der Waals surface area contributed by atoms with Crippen LogP contribution in [0.5, 0.6) is 0 Å². The molecule has 0 fully saturated rings. The summed E-state index contributed by atoms with van der Waals surface area (Å²) < 4.78 is 0. The maximum Gasteiger partial charge on any atom is 0.0446 e. The molecule has 0 aromatic heterocycles. The van der Waals surface area contributed by atoms with Gasteiger partial charge in [-0.2, -0.15) is 0 Å². The van der Waals surface area contributed by atoms with Crippen LogP contribution in [0.15, 0.2) is 84.9 Å². The second kappa shape index (κ2) is 9.66. The summed E-state index contributed by atoms with van der Waals surface area (Å²) in [5.74, 6) is 0. The molecule has 1 aliphatic rings. The number of benzene rings is 4. The summed E-state index contributed by atoms with van der Waals surface area (Å²) in [6.07, 6.45) is 0. The van der Waals surface area contributed by atoms with E-state index in [1.807, 2.05) is 0 Å². The van der Waals surface area contributed by atoms with E-state index in [1.54, 1.807) is 0 Å². The first-order chi connectivity index (χ1) is 17.9. The van der Waals surface area contributed by atoms with Gasteiger partial charge < -0.3 is 9.80 Å². The van der Waals surface area contributed by atoms with Crippen molar-refractivity contribution in [3.8, 4) is 22.3 Å². The van der Waals surface area contributed by atoms with E-state index in [0.717, 1.165) is 13.1 Å². The lowest BCUT2D eigenvalue weighted by atomic mass is 9.83. The molecule has 1 heterocycles. The maximum absolute atomic E-state index is 2.41. The molecule has 2 nitrogen and oxygen atoms in total. The Morgan fingerprint density at radius 3 is 1.24 bits per heavy atom. The van der Waals surface area contributed by atoms with E-state index in [0.29, 0.717) is 0 Å². The van der Waals surface area contributed by atoms with Gasteiger partial charge in [-0.1, -0.05) is 102 Å². The molecular weight excluding hydrogens is 460 g/mol. The third-order valence-electron chi connectivity index (χ3n) is 7.81. The Labute approximate surface area is 229 Å². The van der Waals surface area contributed by atoms with Crippen molar-refractivity contribution >= 4 is 11.4 Å². The summed E-state index contributed by atoms with van der Waals surface area (Å²) in [6.45, 7) is 15.6. The molecule has 2 heteroatoms. The number of para-hydroxylation sites is 2. The van der Waals surface area contributed by atoms with Crippen LogP contribution in [-0.4, -0.2) is 14.1 Å². The fourth-order valence-corrected chi connectivity index (χ4v) is 5.56. The minimum Gasteiger partial charge on any atom is -0.370 e. The number of nitrogens with zero attached hydrogens (tertiary/aromatic N) is 2. The number of anilines is 2. The molecule has 4 bridgehead atoms. The molecule has 0 unspecified atom stereocenters. The van der Waals surface area contributed by atoms with Gasteiger partial charge in [0.05, 0.1) is 0 Å². The minimum atomic E-state index is 0.0638. The van der Waals surface area contributed by atoms with Crippen molar-refractivity contribution in [1.82, 2.24) is 0 Å². The SMILES string of the molecule is CN1Cc2cc(cc(C(C)(C)C)c2)-c2ccccc2N(C)Cc2cc(cc(C(C)(C)C)c2)-c2ccccc21. The van der Waals surface area contributed by atoms with Gasteiger partial charge in [0.15, 0.2) is 0 Å². The van der Waals surface area contributed by atoms with Crippen molar-refractivity contribution in [1.29, 1.82) is 0 Å². The van der Waals surface area contributed by atoms with E-state index in [2.05, 4.69) is 150 Å². The fourth-order valence-electron chi connectivity index (χ4n) is 5.56. The van der Waals surface area contributed by atoms with Crippen molar-refractivity contribution < 1.29 is 0 Å². The minimum absolute atomic E-state index is 0.0638. The molecule has 0 saturated carbocycles. The van der Waals surface area contributed by atoms with Crippen LogP contribution >= 0.6 is 0 Å². The van der Waals surface area contributed by atoms with Crippen LogP contribution in [0, 0.1) is 0 Å². The first-order valence-corrected chi connectivity index (χ1v) is 13.8. The number of hydrogen-bond acceptors (Lipinski definition) is 2. The van der Waals surface area contributed by atoms with Crippen molar-refractivity contribution in [2.45, 2.75) is 65.5 Å². The second-order valence-corrected chi connectivity index (χ2v) is 13.1. The maximum atomic E-state index is 2.41. The van der Waals surface area contributed by atoms with Crippen LogP contribution in [0.4, 0.5) is 11.4 Å². The molecule has 0 aliphatic carbocycles. The predicted octanol–water partition coefficient (Wildman–Crippen LogP) is 9.20. The Morgan fingerprint density at radius 1 is 0.500 bits per heavy atom. The van der Waals surface area contributed by atoms with E-state index < -0.39 is 0 Å². The molecule has 38 heavy (non-hydrogen) atoms. The summed E-state index contributed by atoms with van der Waals surface area (Å²) >= 11 is 0. The van der Waals surface area contributed by atoms with Crippen LogP contribution in [0.3, 0.4) is 0 Å². The number of fused-ring (bicyclic) bond motifs is 8. The zero-order chi connectivity index (χ0) is 27.2. The predicted molar refractivity (Wildman–Crippen MR) is 165 cm³/mol. The second-order valence-electron chi connectivity index (χ2n) is 13.1. The summed E-state index contributed by atoms with van der Waals surface area (Å²) in [5.41, 5.74) is 13.2. The van der Waals surface area contributed by atoms with Crippen molar-refractivity contribution in [3.63, 3.8) is 0 Å². The molecule has 5 rings (SSSR count). The van der Waals surface area contributed by atoms with Crippen molar-refractivity contribution in [2.75, 3.05) is 23.9 Å². The lowest BCUT2D eigenvalue weighted by Crippen LogP contribution is -2.20. The lowest BCUT2D eigenvalue weighted by molar-refractivity contribution is 0.589. The largest absolute Gasteiger partial charge is 0.370 e. The molecule has 0 radical (unpaired) electrons. The standard InChI is InChI=1S/C36H42N2/c1-35(2,3)29-19-25-17-27(21-29)31-13-9-11-15-33(31)38(8)24-26-18-28(22-30(20-26)36(4,5)6)32-14-10-12-16-34(32)37(7)23-25/h9-22H,23-24H2,1-8H3. The van der Waals surface area contributed by atoms with Gasteiger partial charge in [-0.25, -0.2) is 0 Å². The van der Waals surface area contributed by atoms with Gasteiger partial charge >= 0.3 is 0 Å². The summed E-state index contributed by atoms with van der Waals surface area (Å²) in [4.78, 5) is 4.82. The van der Waals surface area contributed by atoms with Crippen LogP contribution in [-0.2, 0) is 23.9 Å². The Morgan fingerprint density at radius 2 is 0.868 bits per heavy atom. The van der Waals surface area contributed by atoms with Crippen molar-refractivity contribution in [2.24, 2.45) is 0 Å². The van der Waals surface area contributed by atoms with Gasteiger partial charge in [0.2, 0.25) is 0 Å². The van der Waals surface area contributed by atoms with Crippen LogP contribution < -0.4 is 9.80 Å². The molecule has 0 saturated heterocycles. The first kappa shape index (κ1) is 26.1. The zero-order valence-electron chi connectivity index (χ0n) is 24.4. The highest BCUT2D eigenvalue weighted by molar-refractivity contribution is 5.82. The average molecular weight is 503 g/mol. The highest BCUT2D eigenvalue weighted by Gasteiger charge is 2.21. The first-order valence-electron chi connectivity index (χ1n) is 13.8. The van der Waals surface area contributed by atoms with Gasteiger partial charge in [0, 0.05) is 49.7 Å². The molecule has 0 atom stereocenters. The molecular formula is C36H42N2. The molecule has 196 valence electrons. The Bertz CT molecular complexity index is 1350. The van der Waals surface area contributed by atoms with Crippen LogP contribution in [0.2, 0.25) is 0 Å². The van der Waals surface area contributed by atoms with E-state index in [9.17, 15) is 0 Å². The third kappa shape index (κ3) is 5.23. The number of rotatable bonds is 0. The van der Waals surface area contributed by atoms with Gasteiger partial charge in [-0.05, 0) is 68.5 Å². The smallest absolute Gasteiger partial charge is 0.0446 e. The van der Waals surface area contributed by atoms with Crippen LogP contribution in [0.1, 0.15) is 63.8 Å². The zero-order valence-corrected chi connectivity index (χ0v) is 24.4. The monoisotopic (exact) mass is 502 g/mol. The van der Waals surface area contributed by atoms with E-state index >= 15 is 0 Å². The molecule has 0 amide bonds. The average Bonchev–Trinajstić information content (AvgIpc) is 2.87. The lowest BCUT2D eigenvalue weighted by Gasteiger charge is -2.29. The normalized spacial score (nSPS) is 14.0. The third-order valence-corrected chi connectivity index (χ3v) is 7.81. The Kier molecular flexibility index (Phi) is 6.63. The van der Waals surface area contributed by atoms with Gasteiger partial charge in [-0.15, -0.1) is 0 Å². The van der Waals surface area contributed by atoms with Crippen molar-refractivity contribution in [3.05, 3.63) is 107 Å². The highest BCUT2D eigenvalue weighted by atomic mass is 15.1. The molecule has 0 spiro atoms. The molecule has 0 N–H and O–H groups in total. The van der Waals surface area contributed by atoms with Crippen LogP contribution in [0.25, 0.3) is 22.3 Å². The summed E-state index contributed by atoms with van der Waals surface area (Å²) in [5, 5.41) is 0. The van der Waals surface area contributed by atoms with E-state index in [1.165, 1.54) is 55.9 Å². The molecule has 1 aliphatic heterocycles. The van der Waals surface area contributed by atoms with Gasteiger partial charge in [0.1, 0.15) is 0 Å². The summed E-state index contributed by atoms with van der Waals surface area (Å²) in [7, 11) is 4.45. The quantitative estimate of drug-likeness (QED) is 0.236. The van der Waals surface area contributed by atoms with Gasteiger partial charge in [0.25, 0.3) is 0 Å².